The third-order valence-corrected chi connectivity index (χ3v) is 3.20. The highest BCUT2D eigenvalue weighted by Gasteiger charge is 2.06. The van der Waals surface area contributed by atoms with Crippen molar-refractivity contribution in [1.29, 1.82) is 0 Å². The van der Waals surface area contributed by atoms with Crippen LogP contribution in [0, 0.1) is 5.82 Å². The van der Waals surface area contributed by atoms with Crippen LogP contribution in [0.25, 0.3) is 0 Å². The van der Waals surface area contributed by atoms with Gasteiger partial charge < -0.3 is 9.67 Å². The zero-order valence-corrected chi connectivity index (χ0v) is 9.54. The summed E-state index contributed by atoms with van der Waals surface area (Å²) in [5.74, 6) is 1.00. The Bertz CT molecular complexity index is 498. The molecule has 0 aliphatic carbocycles. The SMILES string of the molecule is Cn1cc(O)nc1CSc1ccccc1F. The summed E-state index contributed by atoms with van der Waals surface area (Å²) in [7, 11) is 1.80. The number of thioether (sulfide) groups is 1. The number of benzene rings is 1. The first-order valence-electron chi connectivity index (χ1n) is 4.75. The first kappa shape index (κ1) is 11.0. The zero-order valence-electron chi connectivity index (χ0n) is 8.72. The fourth-order valence-corrected chi connectivity index (χ4v) is 2.26. The van der Waals surface area contributed by atoms with E-state index >= 15 is 0 Å². The molecule has 84 valence electrons. The number of aromatic hydroxyl groups is 1. The molecule has 2 aromatic rings. The van der Waals surface area contributed by atoms with E-state index in [2.05, 4.69) is 4.98 Å². The monoisotopic (exact) mass is 238 g/mol. The Morgan fingerprint density at radius 1 is 1.44 bits per heavy atom. The van der Waals surface area contributed by atoms with Crippen LogP contribution in [0.4, 0.5) is 4.39 Å². The molecule has 0 saturated carbocycles. The summed E-state index contributed by atoms with van der Waals surface area (Å²) in [6, 6.07) is 6.61. The molecule has 0 atom stereocenters. The van der Waals surface area contributed by atoms with Gasteiger partial charge in [-0.3, -0.25) is 0 Å². The number of hydrogen-bond donors (Lipinski definition) is 1. The lowest BCUT2D eigenvalue weighted by Gasteiger charge is -2.02. The molecule has 2 rings (SSSR count). The highest BCUT2D eigenvalue weighted by molar-refractivity contribution is 7.98. The first-order valence-corrected chi connectivity index (χ1v) is 5.74. The number of aromatic nitrogens is 2. The Morgan fingerprint density at radius 3 is 2.81 bits per heavy atom. The third kappa shape index (κ3) is 2.36. The molecule has 1 aromatic carbocycles. The summed E-state index contributed by atoms with van der Waals surface area (Å²) in [6.07, 6.45) is 1.53. The normalized spacial score (nSPS) is 10.6. The highest BCUT2D eigenvalue weighted by atomic mass is 32.2. The predicted octanol–water partition coefficient (Wildman–Crippen LogP) is 2.56. The van der Waals surface area contributed by atoms with E-state index in [4.69, 9.17) is 0 Å². The van der Waals surface area contributed by atoms with Crippen molar-refractivity contribution in [3.8, 4) is 5.88 Å². The van der Waals surface area contributed by atoms with Gasteiger partial charge in [0.15, 0.2) is 0 Å². The van der Waals surface area contributed by atoms with Crippen LogP contribution in [0.3, 0.4) is 0 Å². The molecule has 1 heterocycles. The van der Waals surface area contributed by atoms with Gasteiger partial charge in [-0.05, 0) is 12.1 Å². The predicted molar refractivity (Wildman–Crippen MR) is 60.8 cm³/mol. The van der Waals surface area contributed by atoms with Crippen molar-refractivity contribution in [2.24, 2.45) is 7.05 Å². The lowest BCUT2D eigenvalue weighted by Crippen LogP contribution is -1.94. The summed E-state index contributed by atoms with van der Waals surface area (Å²) < 4.78 is 15.0. The maximum Gasteiger partial charge on any atom is 0.229 e. The van der Waals surface area contributed by atoms with Crippen molar-refractivity contribution in [2.75, 3.05) is 0 Å². The third-order valence-electron chi connectivity index (χ3n) is 2.15. The van der Waals surface area contributed by atoms with Crippen molar-refractivity contribution in [2.45, 2.75) is 10.6 Å². The Balaban J connectivity index is 2.08. The second-order valence-electron chi connectivity index (χ2n) is 3.35. The van der Waals surface area contributed by atoms with Gasteiger partial charge >= 0.3 is 0 Å². The second-order valence-corrected chi connectivity index (χ2v) is 4.36. The fourth-order valence-electron chi connectivity index (χ4n) is 1.33. The summed E-state index contributed by atoms with van der Waals surface area (Å²) in [6.45, 7) is 0. The molecule has 1 N–H and O–H groups in total. The maximum absolute atomic E-state index is 13.3. The van der Waals surface area contributed by atoms with Crippen LogP contribution < -0.4 is 0 Å². The number of aryl methyl sites for hydroxylation is 1. The first-order chi connectivity index (χ1) is 7.66. The molecule has 0 bridgehead atoms. The minimum Gasteiger partial charge on any atom is -0.492 e. The molecule has 3 nitrogen and oxygen atoms in total. The number of hydrogen-bond acceptors (Lipinski definition) is 3. The van der Waals surface area contributed by atoms with Gasteiger partial charge in [0.25, 0.3) is 0 Å². The van der Waals surface area contributed by atoms with Crippen LogP contribution >= 0.6 is 11.8 Å². The standard InChI is InChI=1S/C11H11FN2OS/c1-14-6-11(15)13-10(14)7-16-9-5-3-2-4-8(9)12/h2-6,15H,7H2,1H3. The molecular weight excluding hydrogens is 227 g/mol. The molecule has 0 unspecified atom stereocenters. The molecular formula is C11H11FN2OS. The van der Waals surface area contributed by atoms with Crippen molar-refractivity contribution in [3.63, 3.8) is 0 Å². The van der Waals surface area contributed by atoms with E-state index in [1.807, 2.05) is 0 Å². The summed E-state index contributed by atoms with van der Waals surface area (Å²) in [5.41, 5.74) is 0. The average molecular weight is 238 g/mol. The fraction of sp³-hybridized carbons (Fsp3) is 0.182. The maximum atomic E-state index is 13.3. The van der Waals surface area contributed by atoms with Crippen molar-refractivity contribution >= 4 is 11.8 Å². The largest absolute Gasteiger partial charge is 0.492 e. The molecule has 0 aliphatic rings. The summed E-state index contributed by atoms with van der Waals surface area (Å²) >= 11 is 1.36. The molecule has 0 radical (unpaired) electrons. The molecule has 0 saturated heterocycles. The van der Waals surface area contributed by atoms with Crippen molar-refractivity contribution < 1.29 is 9.50 Å². The van der Waals surface area contributed by atoms with Gasteiger partial charge in [0.1, 0.15) is 11.6 Å². The molecule has 0 fully saturated rings. The van der Waals surface area contributed by atoms with Gasteiger partial charge in [-0.25, -0.2) is 4.39 Å². The van der Waals surface area contributed by atoms with Gasteiger partial charge in [0.05, 0.1) is 11.9 Å². The zero-order chi connectivity index (χ0) is 11.5. The van der Waals surface area contributed by atoms with Crippen molar-refractivity contribution in [3.05, 3.63) is 42.1 Å². The van der Waals surface area contributed by atoms with Crippen LogP contribution in [0.1, 0.15) is 5.82 Å². The van der Waals surface area contributed by atoms with E-state index in [9.17, 15) is 9.50 Å². The minimum atomic E-state index is -0.231. The average Bonchev–Trinajstić information content (AvgIpc) is 2.56. The number of imidazole rings is 1. The molecule has 0 spiro atoms. The smallest absolute Gasteiger partial charge is 0.229 e. The Hall–Kier alpha value is -1.49. The molecule has 5 heteroatoms. The molecule has 0 aliphatic heterocycles. The second kappa shape index (κ2) is 4.57. The minimum absolute atomic E-state index is 0.00775. The van der Waals surface area contributed by atoms with Crippen LogP contribution in [-0.2, 0) is 12.8 Å². The van der Waals surface area contributed by atoms with Gasteiger partial charge in [0.2, 0.25) is 5.88 Å². The number of rotatable bonds is 3. The summed E-state index contributed by atoms with van der Waals surface area (Å²) in [5, 5.41) is 9.17. The lowest BCUT2D eigenvalue weighted by molar-refractivity contribution is 0.455. The van der Waals surface area contributed by atoms with E-state index < -0.39 is 0 Å². The van der Waals surface area contributed by atoms with Crippen LogP contribution in [0.15, 0.2) is 35.4 Å². The van der Waals surface area contributed by atoms with Crippen LogP contribution in [0.5, 0.6) is 5.88 Å². The van der Waals surface area contributed by atoms with E-state index in [-0.39, 0.29) is 11.7 Å². The highest BCUT2D eigenvalue weighted by Crippen LogP contribution is 2.25. The Morgan fingerprint density at radius 2 is 2.19 bits per heavy atom. The van der Waals surface area contributed by atoms with E-state index in [1.165, 1.54) is 24.0 Å². The molecule has 16 heavy (non-hydrogen) atoms. The Labute approximate surface area is 96.9 Å². The number of halogens is 1. The van der Waals surface area contributed by atoms with E-state index in [0.717, 1.165) is 0 Å². The lowest BCUT2D eigenvalue weighted by atomic mass is 10.3. The quantitative estimate of drug-likeness (QED) is 0.835. The number of nitrogens with zero attached hydrogens (tertiary/aromatic N) is 2. The van der Waals surface area contributed by atoms with E-state index in [1.54, 1.807) is 29.8 Å². The van der Waals surface area contributed by atoms with Gasteiger partial charge in [-0.15, -0.1) is 11.8 Å². The van der Waals surface area contributed by atoms with Gasteiger partial charge in [-0.1, -0.05) is 12.1 Å². The van der Waals surface area contributed by atoms with Crippen LogP contribution in [0.2, 0.25) is 0 Å². The molecule has 1 aromatic heterocycles. The summed E-state index contributed by atoms with van der Waals surface area (Å²) in [4.78, 5) is 4.52. The van der Waals surface area contributed by atoms with Crippen molar-refractivity contribution in [1.82, 2.24) is 9.55 Å². The molecule has 0 amide bonds. The topological polar surface area (TPSA) is 38.0 Å². The Kier molecular flexibility index (Phi) is 3.14. The van der Waals surface area contributed by atoms with Gasteiger partial charge in [-0.2, -0.15) is 4.98 Å². The van der Waals surface area contributed by atoms with Gasteiger partial charge in [0, 0.05) is 11.9 Å². The van der Waals surface area contributed by atoms with Crippen LogP contribution in [-0.4, -0.2) is 14.7 Å². The van der Waals surface area contributed by atoms with E-state index in [0.29, 0.717) is 16.5 Å².